The van der Waals surface area contributed by atoms with Gasteiger partial charge in [-0.15, -0.1) is 0 Å². The molecule has 0 heteroatoms. The second kappa shape index (κ2) is 12.9. The van der Waals surface area contributed by atoms with E-state index in [2.05, 4.69) is 218 Å². The zero-order chi connectivity index (χ0) is 39.3. The Morgan fingerprint density at radius 3 is 0.983 bits per heavy atom. The van der Waals surface area contributed by atoms with Crippen LogP contribution in [0.4, 0.5) is 0 Å². The van der Waals surface area contributed by atoms with E-state index in [1.807, 2.05) is 0 Å². The van der Waals surface area contributed by atoms with E-state index in [0.29, 0.717) is 0 Å². The number of hydrogen-bond donors (Lipinski definition) is 0. The van der Waals surface area contributed by atoms with Crippen LogP contribution in [-0.4, -0.2) is 0 Å². The Hall–Kier alpha value is -7.80. The van der Waals surface area contributed by atoms with Crippen molar-refractivity contribution in [3.8, 4) is 66.8 Å². The summed E-state index contributed by atoms with van der Waals surface area (Å²) in [5.41, 5.74) is 15.4. The fraction of sp³-hybridized carbons (Fsp3) is 0. The van der Waals surface area contributed by atoms with E-state index in [-0.39, 0.29) is 0 Å². The molecule has 0 radical (unpaired) electrons. The van der Waals surface area contributed by atoms with Crippen molar-refractivity contribution < 1.29 is 0 Å². The van der Waals surface area contributed by atoms with Gasteiger partial charge in [-0.1, -0.05) is 206 Å². The Labute approximate surface area is 348 Å². The number of rotatable bonds is 4. The van der Waals surface area contributed by atoms with Crippen molar-refractivity contribution in [2.75, 3.05) is 0 Å². The number of benzene rings is 12. The Bertz CT molecular complexity index is 3500. The minimum atomic E-state index is 1.23. The highest BCUT2D eigenvalue weighted by atomic mass is 14.3. The largest absolute Gasteiger partial charge is 0.0622 e. The van der Waals surface area contributed by atoms with Crippen LogP contribution in [-0.2, 0) is 0 Å². The lowest BCUT2D eigenvalue weighted by atomic mass is 9.79. The minimum absolute atomic E-state index is 1.23. The molecule has 0 saturated heterocycles. The van der Waals surface area contributed by atoms with Gasteiger partial charge in [-0.25, -0.2) is 0 Å². The van der Waals surface area contributed by atoms with Crippen LogP contribution in [0.5, 0.6) is 0 Å². The summed E-state index contributed by atoms with van der Waals surface area (Å²) in [4.78, 5) is 0. The van der Waals surface area contributed by atoms with Crippen LogP contribution in [0.1, 0.15) is 0 Å². The predicted octanol–water partition coefficient (Wildman–Crippen LogP) is 16.9. The molecule has 0 bridgehead atoms. The predicted molar refractivity (Wildman–Crippen MR) is 258 cm³/mol. The van der Waals surface area contributed by atoms with Gasteiger partial charge in [0.25, 0.3) is 0 Å². The molecule has 12 aromatic carbocycles. The molecule has 60 heavy (non-hydrogen) atoms. The highest BCUT2D eigenvalue weighted by Gasteiger charge is 2.32. The Morgan fingerprint density at radius 2 is 0.517 bits per heavy atom. The highest BCUT2D eigenvalue weighted by Crippen LogP contribution is 2.59. The lowest BCUT2D eigenvalue weighted by Gasteiger charge is -2.23. The molecule has 0 heterocycles. The van der Waals surface area contributed by atoms with Gasteiger partial charge >= 0.3 is 0 Å². The van der Waals surface area contributed by atoms with Gasteiger partial charge in [0.15, 0.2) is 0 Å². The second-order valence-electron chi connectivity index (χ2n) is 16.2. The number of fused-ring (bicyclic) bond motifs is 8. The molecule has 0 saturated carbocycles. The first kappa shape index (κ1) is 33.2. The topological polar surface area (TPSA) is 0 Å². The third-order valence-corrected chi connectivity index (χ3v) is 13.1. The minimum Gasteiger partial charge on any atom is -0.0622 e. The zero-order valence-corrected chi connectivity index (χ0v) is 32.8. The molecular formula is C60H36. The maximum atomic E-state index is 2.44. The van der Waals surface area contributed by atoms with Gasteiger partial charge in [-0.05, 0) is 144 Å². The van der Waals surface area contributed by atoms with Crippen molar-refractivity contribution in [1.29, 1.82) is 0 Å². The maximum absolute atomic E-state index is 2.44. The van der Waals surface area contributed by atoms with E-state index in [1.54, 1.807) is 0 Å². The molecule has 12 aromatic rings. The molecule has 0 nitrogen and oxygen atoms in total. The lowest BCUT2D eigenvalue weighted by molar-refractivity contribution is 1.65. The Balaban J connectivity index is 1.22. The first-order valence-corrected chi connectivity index (χ1v) is 20.9. The Morgan fingerprint density at radius 1 is 0.183 bits per heavy atom. The van der Waals surface area contributed by atoms with Gasteiger partial charge in [0, 0.05) is 0 Å². The van der Waals surface area contributed by atoms with E-state index in [9.17, 15) is 0 Å². The SMILES string of the molecule is c1ccc(-c2c3ccccc3cc3c(-c4c5c(c(-c6cccc7c(-c8ccccc8)c8ccccc8cc67)c6ccccc46)-c4cccc6cccc-5c46)cccc23)cc1. The van der Waals surface area contributed by atoms with Crippen molar-refractivity contribution in [1.82, 2.24) is 0 Å². The third kappa shape index (κ3) is 4.68. The molecule has 13 rings (SSSR count). The summed E-state index contributed by atoms with van der Waals surface area (Å²) in [7, 11) is 0. The standard InChI is InChI=1S/C60H36/c1-3-17-37(18-4-1)54-42-25-9-7-21-40(42)35-52-46(54)29-15-31-48(52)57-44-27-11-12-28-45(44)58(60-51-34-14-24-39-23-13-33-50(56(39)51)59(57)60)49-32-16-30-47-53(49)36-41-22-8-10-26-43(41)55(47)38-19-5-2-6-20-38/h1-36H. The van der Waals surface area contributed by atoms with E-state index in [1.165, 1.54) is 131 Å². The molecule has 0 fully saturated rings. The second-order valence-corrected chi connectivity index (χ2v) is 16.2. The molecule has 0 aromatic heterocycles. The third-order valence-electron chi connectivity index (χ3n) is 13.1. The lowest BCUT2D eigenvalue weighted by Crippen LogP contribution is -1.96. The molecule has 0 unspecified atom stereocenters. The summed E-state index contributed by atoms with van der Waals surface area (Å²) in [6.45, 7) is 0. The van der Waals surface area contributed by atoms with Crippen LogP contribution < -0.4 is 0 Å². The molecule has 0 atom stereocenters. The van der Waals surface area contributed by atoms with Crippen LogP contribution in [0, 0.1) is 0 Å². The fourth-order valence-electron chi connectivity index (χ4n) is 10.7. The molecule has 276 valence electrons. The number of hydrogen-bond acceptors (Lipinski definition) is 0. The van der Waals surface area contributed by atoms with Crippen LogP contribution in [0.2, 0.25) is 0 Å². The summed E-state index contributed by atoms with van der Waals surface area (Å²) in [5.74, 6) is 0. The average molecular weight is 757 g/mol. The zero-order valence-electron chi connectivity index (χ0n) is 32.8. The van der Waals surface area contributed by atoms with Crippen LogP contribution in [0.3, 0.4) is 0 Å². The summed E-state index contributed by atoms with van der Waals surface area (Å²) >= 11 is 0. The van der Waals surface area contributed by atoms with Gasteiger partial charge < -0.3 is 0 Å². The van der Waals surface area contributed by atoms with Crippen molar-refractivity contribution in [2.24, 2.45) is 0 Å². The molecule has 0 spiro atoms. The van der Waals surface area contributed by atoms with Crippen LogP contribution >= 0.6 is 0 Å². The molecule has 0 amide bonds. The van der Waals surface area contributed by atoms with Crippen molar-refractivity contribution in [3.63, 3.8) is 0 Å². The average Bonchev–Trinajstić information content (AvgIpc) is 3.64. The molecule has 0 aliphatic heterocycles. The first-order chi connectivity index (χ1) is 29.8. The van der Waals surface area contributed by atoms with Crippen molar-refractivity contribution in [3.05, 3.63) is 218 Å². The van der Waals surface area contributed by atoms with Gasteiger partial charge in [-0.3, -0.25) is 0 Å². The quantitative estimate of drug-likeness (QED) is 0.157. The first-order valence-electron chi connectivity index (χ1n) is 20.9. The van der Waals surface area contributed by atoms with Gasteiger partial charge in [0.1, 0.15) is 0 Å². The van der Waals surface area contributed by atoms with Crippen molar-refractivity contribution in [2.45, 2.75) is 0 Å². The van der Waals surface area contributed by atoms with Gasteiger partial charge in [0.2, 0.25) is 0 Å². The van der Waals surface area contributed by atoms with Gasteiger partial charge in [0.05, 0.1) is 0 Å². The summed E-state index contributed by atoms with van der Waals surface area (Å²) in [6, 6.07) is 81.4. The summed E-state index contributed by atoms with van der Waals surface area (Å²) in [6.07, 6.45) is 0. The van der Waals surface area contributed by atoms with Gasteiger partial charge in [-0.2, -0.15) is 0 Å². The molecule has 0 N–H and O–H groups in total. The smallest absolute Gasteiger partial charge is 0.000719 e. The van der Waals surface area contributed by atoms with E-state index < -0.39 is 0 Å². The summed E-state index contributed by atoms with van der Waals surface area (Å²) in [5, 5.41) is 15.2. The molecule has 1 aliphatic rings. The van der Waals surface area contributed by atoms with E-state index >= 15 is 0 Å². The normalized spacial score (nSPS) is 12.0. The van der Waals surface area contributed by atoms with E-state index in [0.717, 1.165) is 0 Å². The fourth-order valence-corrected chi connectivity index (χ4v) is 10.7. The monoisotopic (exact) mass is 756 g/mol. The summed E-state index contributed by atoms with van der Waals surface area (Å²) < 4.78 is 0. The molecular weight excluding hydrogens is 721 g/mol. The van der Waals surface area contributed by atoms with Crippen molar-refractivity contribution >= 4 is 64.6 Å². The van der Waals surface area contributed by atoms with Crippen LogP contribution in [0.15, 0.2) is 218 Å². The highest BCUT2D eigenvalue weighted by molar-refractivity contribution is 6.31. The molecule has 1 aliphatic carbocycles. The Kier molecular flexibility index (Phi) is 7.11. The maximum Gasteiger partial charge on any atom is -0.000719 e. The van der Waals surface area contributed by atoms with E-state index in [4.69, 9.17) is 0 Å². The van der Waals surface area contributed by atoms with Crippen LogP contribution in [0.25, 0.3) is 131 Å².